The zero-order chi connectivity index (χ0) is 19.2. The number of carbonyl (C=O) groups is 1. The minimum atomic E-state index is -0.474. The molecule has 0 saturated carbocycles. The fourth-order valence-electron chi connectivity index (χ4n) is 2.43. The second kappa shape index (κ2) is 8.88. The molecule has 1 aromatic heterocycles. The van der Waals surface area contributed by atoms with Crippen LogP contribution in [0.1, 0.15) is 23.0 Å². The summed E-state index contributed by atoms with van der Waals surface area (Å²) < 4.78 is 16.2. The second-order valence-electron chi connectivity index (χ2n) is 5.50. The Morgan fingerprint density at radius 1 is 1.19 bits per heavy atom. The van der Waals surface area contributed by atoms with E-state index in [1.165, 1.54) is 11.3 Å². The molecule has 0 amide bonds. The second-order valence-corrected chi connectivity index (χ2v) is 6.76. The Morgan fingerprint density at radius 2 is 2.00 bits per heavy atom. The van der Waals surface area contributed by atoms with Crippen molar-refractivity contribution in [2.75, 3.05) is 13.7 Å². The molecule has 0 spiro atoms. The Labute approximate surface area is 166 Å². The monoisotopic (exact) mass is 403 g/mol. The standard InChI is InChI=1S/C20H18ClNO4S/c1-3-25-17-9-8-13(10-18(17)24-2)19-22-14(12-27-19)11-26-20(23)15-6-4-5-7-16(15)21/h4-10,12H,3,11H2,1-2H3. The zero-order valence-corrected chi connectivity index (χ0v) is 16.5. The van der Waals surface area contributed by atoms with Gasteiger partial charge >= 0.3 is 5.97 Å². The summed E-state index contributed by atoms with van der Waals surface area (Å²) in [4.78, 5) is 16.7. The predicted molar refractivity (Wildman–Crippen MR) is 106 cm³/mol. The number of rotatable bonds is 7. The molecule has 5 nitrogen and oxygen atoms in total. The number of methoxy groups -OCH3 is 1. The van der Waals surface area contributed by atoms with E-state index in [4.69, 9.17) is 25.8 Å². The van der Waals surface area contributed by atoms with Crippen molar-refractivity contribution >= 4 is 28.9 Å². The lowest BCUT2D eigenvalue weighted by molar-refractivity contribution is 0.0468. The van der Waals surface area contributed by atoms with Crippen LogP contribution in [-0.4, -0.2) is 24.7 Å². The highest BCUT2D eigenvalue weighted by atomic mass is 35.5. The summed E-state index contributed by atoms with van der Waals surface area (Å²) in [6.07, 6.45) is 0. The lowest BCUT2D eigenvalue weighted by atomic mass is 10.2. The van der Waals surface area contributed by atoms with Crippen molar-refractivity contribution in [1.29, 1.82) is 0 Å². The van der Waals surface area contributed by atoms with E-state index >= 15 is 0 Å². The summed E-state index contributed by atoms with van der Waals surface area (Å²) >= 11 is 7.48. The number of carbonyl (C=O) groups excluding carboxylic acids is 1. The van der Waals surface area contributed by atoms with Gasteiger partial charge in [0.2, 0.25) is 0 Å². The van der Waals surface area contributed by atoms with Gasteiger partial charge in [0.05, 0.1) is 30.0 Å². The summed E-state index contributed by atoms with van der Waals surface area (Å²) in [7, 11) is 1.60. The normalized spacial score (nSPS) is 10.5. The predicted octanol–water partition coefficient (Wildman–Crippen LogP) is 5.23. The highest BCUT2D eigenvalue weighted by Crippen LogP contribution is 2.34. The minimum absolute atomic E-state index is 0.0781. The first kappa shape index (κ1) is 19.2. The molecule has 0 fully saturated rings. The van der Waals surface area contributed by atoms with E-state index in [0.29, 0.717) is 34.4 Å². The molecule has 0 aliphatic heterocycles. The van der Waals surface area contributed by atoms with Crippen LogP contribution in [0, 0.1) is 0 Å². The van der Waals surface area contributed by atoms with E-state index in [1.54, 1.807) is 31.4 Å². The molecule has 3 aromatic rings. The van der Waals surface area contributed by atoms with Gasteiger partial charge in [0.1, 0.15) is 11.6 Å². The molecule has 0 saturated heterocycles. The van der Waals surface area contributed by atoms with Crippen LogP contribution >= 0.6 is 22.9 Å². The third kappa shape index (κ3) is 4.59. The maximum Gasteiger partial charge on any atom is 0.340 e. The number of benzene rings is 2. The van der Waals surface area contributed by atoms with E-state index in [0.717, 1.165) is 10.6 Å². The first-order valence-electron chi connectivity index (χ1n) is 8.29. The molecule has 0 aliphatic carbocycles. The summed E-state index contributed by atoms with van der Waals surface area (Å²) in [5.74, 6) is 0.864. The molecule has 140 valence electrons. The number of ether oxygens (including phenoxy) is 3. The molecule has 0 aliphatic rings. The largest absolute Gasteiger partial charge is 0.493 e. The number of halogens is 1. The lowest BCUT2D eigenvalue weighted by Crippen LogP contribution is -2.06. The van der Waals surface area contributed by atoms with Crippen LogP contribution < -0.4 is 9.47 Å². The third-order valence-corrected chi connectivity index (χ3v) is 4.98. The first-order valence-corrected chi connectivity index (χ1v) is 9.55. The molecule has 0 unspecified atom stereocenters. The van der Waals surface area contributed by atoms with Gasteiger partial charge in [0, 0.05) is 10.9 Å². The van der Waals surface area contributed by atoms with Gasteiger partial charge in [-0.25, -0.2) is 9.78 Å². The molecule has 0 bridgehead atoms. The summed E-state index contributed by atoms with van der Waals surface area (Å²) in [5, 5.41) is 3.03. The molecular weight excluding hydrogens is 386 g/mol. The van der Waals surface area contributed by atoms with E-state index < -0.39 is 5.97 Å². The van der Waals surface area contributed by atoms with Crippen LogP contribution in [0.25, 0.3) is 10.6 Å². The van der Waals surface area contributed by atoms with Gasteiger partial charge < -0.3 is 14.2 Å². The highest BCUT2D eigenvalue weighted by Gasteiger charge is 2.13. The molecule has 2 aromatic carbocycles. The van der Waals surface area contributed by atoms with E-state index in [1.807, 2.05) is 30.5 Å². The molecular formula is C20H18ClNO4S. The van der Waals surface area contributed by atoms with Crippen LogP contribution in [0.3, 0.4) is 0 Å². The van der Waals surface area contributed by atoms with E-state index in [2.05, 4.69) is 4.98 Å². The number of hydrogen-bond donors (Lipinski definition) is 0. The Hall–Kier alpha value is -2.57. The molecule has 7 heteroatoms. The van der Waals surface area contributed by atoms with Crippen molar-refractivity contribution in [2.24, 2.45) is 0 Å². The van der Waals surface area contributed by atoms with Crippen LogP contribution in [-0.2, 0) is 11.3 Å². The number of hydrogen-bond acceptors (Lipinski definition) is 6. The van der Waals surface area contributed by atoms with Crippen molar-refractivity contribution in [2.45, 2.75) is 13.5 Å². The van der Waals surface area contributed by atoms with Gasteiger partial charge in [-0.1, -0.05) is 23.7 Å². The van der Waals surface area contributed by atoms with Crippen LogP contribution in [0.5, 0.6) is 11.5 Å². The first-order chi connectivity index (χ1) is 13.1. The maximum atomic E-state index is 12.1. The van der Waals surface area contributed by atoms with Crippen LogP contribution in [0.15, 0.2) is 47.8 Å². The Morgan fingerprint density at radius 3 is 2.74 bits per heavy atom. The number of thiazole rings is 1. The average Bonchev–Trinajstić information content (AvgIpc) is 3.16. The molecule has 0 atom stereocenters. The van der Waals surface area contributed by atoms with E-state index in [9.17, 15) is 4.79 Å². The number of nitrogens with zero attached hydrogens (tertiary/aromatic N) is 1. The Balaban J connectivity index is 1.70. The van der Waals surface area contributed by atoms with Gasteiger partial charge in [0.25, 0.3) is 0 Å². The molecule has 3 rings (SSSR count). The van der Waals surface area contributed by atoms with Crippen LogP contribution in [0.4, 0.5) is 0 Å². The zero-order valence-electron chi connectivity index (χ0n) is 14.9. The lowest BCUT2D eigenvalue weighted by Gasteiger charge is -2.10. The van der Waals surface area contributed by atoms with Crippen molar-refractivity contribution in [1.82, 2.24) is 4.98 Å². The Bertz CT molecular complexity index is 941. The summed E-state index contributed by atoms with van der Waals surface area (Å²) in [5.41, 5.74) is 1.91. The maximum absolute atomic E-state index is 12.1. The van der Waals surface area contributed by atoms with Gasteiger partial charge in [-0.2, -0.15) is 0 Å². The average molecular weight is 404 g/mol. The van der Waals surface area contributed by atoms with Gasteiger partial charge in [-0.3, -0.25) is 0 Å². The fraction of sp³-hybridized carbons (Fsp3) is 0.200. The highest BCUT2D eigenvalue weighted by molar-refractivity contribution is 7.13. The van der Waals surface area contributed by atoms with Gasteiger partial charge in [-0.15, -0.1) is 11.3 Å². The van der Waals surface area contributed by atoms with Crippen molar-refractivity contribution in [3.8, 4) is 22.1 Å². The van der Waals surface area contributed by atoms with Gasteiger partial charge in [0.15, 0.2) is 11.5 Å². The summed E-state index contributed by atoms with van der Waals surface area (Å²) in [6.45, 7) is 2.56. The van der Waals surface area contributed by atoms with Crippen molar-refractivity contribution < 1.29 is 19.0 Å². The smallest absolute Gasteiger partial charge is 0.340 e. The van der Waals surface area contributed by atoms with Crippen molar-refractivity contribution in [3.63, 3.8) is 0 Å². The molecule has 0 radical (unpaired) electrons. The van der Waals surface area contributed by atoms with E-state index in [-0.39, 0.29) is 6.61 Å². The molecule has 1 heterocycles. The Kier molecular flexibility index (Phi) is 6.32. The number of esters is 1. The number of aromatic nitrogens is 1. The topological polar surface area (TPSA) is 57.7 Å². The third-order valence-electron chi connectivity index (χ3n) is 3.71. The molecule has 0 N–H and O–H groups in total. The van der Waals surface area contributed by atoms with Gasteiger partial charge in [-0.05, 0) is 37.3 Å². The quantitative estimate of drug-likeness (QED) is 0.505. The fourth-order valence-corrected chi connectivity index (χ4v) is 3.44. The minimum Gasteiger partial charge on any atom is -0.493 e. The van der Waals surface area contributed by atoms with Crippen LogP contribution in [0.2, 0.25) is 5.02 Å². The SMILES string of the molecule is CCOc1ccc(-c2nc(COC(=O)c3ccccc3Cl)cs2)cc1OC. The summed E-state index contributed by atoms with van der Waals surface area (Å²) in [6, 6.07) is 12.4. The molecule has 27 heavy (non-hydrogen) atoms. The van der Waals surface area contributed by atoms with Crippen molar-refractivity contribution in [3.05, 3.63) is 64.1 Å².